The Bertz CT molecular complexity index is 208. The molecule has 11 heavy (non-hydrogen) atoms. The van der Waals surface area contributed by atoms with E-state index in [0.29, 0.717) is 0 Å². The summed E-state index contributed by atoms with van der Waals surface area (Å²) in [5.74, 6) is 1.17. The number of aromatic nitrogens is 1. The first-order valence-corrected chi connectivity index (χ1v) is 4.00. The molecule has 1 aromatic rings. The van der Waals surface area contributed by atoms with Gasteiger partial charge in [0.1, 0.15) is 0 Å². The fourth-order valence-electron chi connectivity index (χ4n) is 0.822. The number of halogens is 1. The van der Waals surface area contributed by atoms with Gasteiger partial charge in [0.05, 0.1) is 11.1 Å². The van der Waals surface area contributed by atoms with Crippen LogP contribution in [0, 0.1) is 5.92 Å². The molecule has 0 saturated carbocycles. The monoisotopic (exact) mass is 168 g/mol. The summed E-state index contributed by atoms with van der Waals surface area (Å²) < 4.78 is 0. The van der Waals surface area contributed by atoms with Crippen molar-refractivity contribution in [2.75, 3.05) is 0 Å². The first-order valence-electron chi connectivity index (χ1n) is 3.57. The zero-order valence-electron chi connectivity index (χ0n) is 6.71. The molecule has 0 saturated heterocycles. The van der Waals surface area contributed by atoms with E-state index in [4.69, 9.17) is 11.6 Å². The summed E-state index contributed by atoms with van der Waals surface area (Å²) in [6, 6.07) is 5.77. The SMILES string of the molecule is C[C](C)C(Cl)c1ccccn1. The number of hydrogen-bond acceptors (Lipinski definition) is 1. The summed E-state index contributed by atoms with van der Waals surface area (Å²) in [5.41, 5.74) is 0.925. The largest absolute Gasteiger partial charge is 0.260 e. The van der Waals surface area contributed by atoms with Crippen molar-refractivity contribution in [1.29, 1.82) is 0 Å². The Morgan fingerprint density at radius 3 is 2.64 bits per heavy atom. The Morgan fingerprint density at radius 1 is 1.45 bits per heavy atom. The van der Waals surface area contributed by atoms with Crippen LogP contribution in [0.15, 0.2) is 24.4 Å². The van der Waals surface area contributed by atoms with Gasteiger partial charge < -0.3 is 0 Å². The zero-order valence-corrected chi connectivity index (χ0v) is 7.47. The van der Waals surface area contributed by atoms with E-state index in [-0.39, 0.29) is 5.38 Å². The third kappa shape index (κ3) is 2.19. The number of nitrogens with zero attached hydrogens (tertiary/aromatic N) is 1. The average Bonchev–Trinajstić information content (AvgIpc) is 2.05. The van der Waals surface area contributed by atoms with Crippen molar-refractivity contribution in [3.05, 3.63) is 36.0 Å². The van der Waals surface area contributed by atoms with Crippen LogP contribution < -0.4 is 0 Å². The van der Waals surface area contributed by atoms with Crippen molar-refractivity contribution in [2.24, 2.45) is 0 Å². The predicted octanol–water partition coefficient (Wildman–Crippen LogP) is 2.98. The van der Waals surface area contributed by atoms with Crippen molar-refractivity contribution in [2.45, 2.75) is 19.2 Å². The fraction of sp³-hybridized carbons (Fsp3) is 0.333. The topological polar surface area (TPSA) is 12.9 Å². The molecule has 0 aliphatic heterocycles. The van der Waals surface area contributed by atoms with Crippen molar-refractivity contribution in [3.8, 4) is 0 Å². The van der Waals surface area contributed by atoms with E-state index in [1.807, 2.05) is 32.0 Å². The Labute approximate surface area is 72.4 Å². The van der Waals surface area contributed by atoms with Crippen LogP contribution in [-0.2, 0) is 0 Å². The van der Waals surface area contributed by atoms with Crippen molar-refractivity contribution < 1.29 is 0 Å². The van der Waals surface area contributed by atoms with Gasteiger partial charge in [-0.15, -0.1) is 11.6 Å². The van der Waals surface area contributed by atoms with Crippen LogP contribution in [-0.4, -0.2) is 4.98 Å². The molecule has 1 aromatic heterocycles. The molecule has 0 bridgehead atoms. The Hall–Kier alpha value is -0.560. The summed E-state index contributed by atoms with van der Waals surface area (Å²) in [7, 11) is 0. The molecular formula is C9H11ClN. The number of pyridine rings is 1. The van der Waals surface area contributed by atoms with Crippen molar-refractivity contribution in [1.82, 2.24) is 4.98 Å². The summed E-state index contributed by atoms with van der Waals surface area (Å²) in [6.07, 6.45) is 1.76. The van der Waals surface area contributed by atoms with Crippen LogP contribution in [0.5, 0.6) is 0 Å². The van der Waals surface area contributed by atoms with Gasteiger partial charge in [0.15, 0.2) is 0 Å². The quantitative estimate of drug-likeness (QED) is 0.619. The molecule has 59 valence electrons. The van der Waals surface area contributed by atoms with Crippen LogP contribution in [0.2, 0.25) is 0 Å². The lowest BCUT2D eigenvalue weighted by atomic mass is 10.1. The molecule has 0 aliphatic carbocycles. The van der Waals surface area contributed by atoms with Crippen LogP contribution in [0.1, 0.15) is 24.9 Å². The van der Waals surface area contributed by atoms with E-state index in [0.717, 1.165) is 5.69 Å². The molecule has 1 nitrogen and oxygen atoms in total. The maximum atomic E-state index is 6.04. The summed E-state index contributed by atoms with van der Waals surface area (Å²) in [4.78, 5) is 4.15. The van der Waals surface area contributed by atoms with Gasteiger partial charge >= 0.3 is 0 Å². The Balaban J connectivity index is 2.77. The highest BCUT2D eigenvalue weighted by molar-refractivity contribution is 6.21. The second-order valence-corrected chi connectivity index (χ2v) is 3.13. The molecule has 1 atom stereocenters. The molecule has 1 radical (unpaired) electrons. The fourth-order valence-corrected chi connectivity index (χ4v) is 0.951. The minimum atomic E-state index is -0.0452. The lowest BCUT2D eigenvalue weighted by Gasteiger charge is -2.10. The van der Waals surface area contributed by atoms with Crippen molar-refractivity contribution >= 4 is 11.6 Å². The van der Waals surface area contributed by atoms with Gasteiger partial charge in [0, 0.05) is 6.20 Å². The molecule has 1 unspecified atom stereocenters. The highest BCUT2D eigenvalue weighted by Crippen LogP contribution is 2.27. The summed E-state index contributed by atoms with van der Waals surface area (Å²) >= 11 is 6.04. The van der Waals surface area contributed by atoms with Gasteiger partial charge in [-0.2, -0.15) is 0 Å². The lowest BCUT2D eigenvalue weighted by Crippen LogP contribution is -1.98. The maximum absolute atomic E-state index is 6.04. The Morgan fingerprint density at radius 2 is 2.18 bits per heavy atom. The van der Waals surface area contributed by atoms with E-state index >= 15 is 0 Å². The van der Waals surface area contributed by atoms with Gasteiger partial charge in [-0.3, -0.25) is 4.98 Å². The minimum absolute atomic E-state index is 0.0452. The van der Waals surface area contributed by atoms with E-state index in [1.54, 1.807) is 6.20 Å². The number of hydrogen-bond donors (Lipinski definition) is 0. The molecule has 0 amide bonds. The number of rotatable bonds is 2. The lowest BCUT2D eigenvalue weighted by molar-refractivity contribution is 0.883. The highest BCUT2D eigenvalue weighted by Gasteiger charge is 2.12. The predicted molar refractivity (Wildman–Crippen MR) is 47.4 cm³/mol. The molecule has 1 heterocycles. The van der Waals surface area contributed by atoms with E-state index in [1.165, 1.54) is 5.92 Å². The molecule has 0 aliphatic rings. The number of alkyl halides is 1. The first kappa shape index (κ1) is 8.54. The standard InChI is InChI=1S/C9H11ClN/c1-7(2)9(10)8-5-3-4-6-11-8/h3-6,9H,1-2H3. The molecular weight excluding hydrogens is 158 g/mol. The smallest absolute Gasteiger partial charge is 0.0813 e. The van der Waals surface area contributed by atoms with E-state index < -0.39 is 0 Å². The van der Waals surface area contributed by atoms with Crippen LogP contribution in [0.25, 0.3) is 0 Å². The zero-order chi connectivity index (χ0) is 8.27. The van der Waals surface area contributed by atoms with Gasteiger partial charge in [0.25, 0.3) is 0 Å². The van der Waals surface area contributed by atoms with Gasteiger partial charge in [0.2, 0.25) is 0 Å². The van der Waals surface area contributed by atoms with Gasteiger partial charge in [-0.1, -0.05) is 19.9 Å². The Kier molecular flexibility index (Phi) is 2.89. The third-order valence-corrected chi connectivity index (χ3v) is 2.11. The third-order valence-electron chi connectivity index (χ3n) is 1.45. The average molecular weight is 169 g/mol. The minimum Gasteiger partial charge on any atom is -0.260 e. The van der Waals surface area contributed by atoms with Crippen LogP contribution in [0.3, 0.4) is 0 Å². The molecule has 0 spiro atoms. The highest BCUT2D eigenvalue weighted by atomic mass is 35.5. The first-order chi connectivity index (χ1) is 5.22. The molecule has 0 fully saturated rings. The van der Waals surface area contributed by atoms with Crippen LogP contribution >= 0.6 is 11.6 Å². The second kappa shape index (κ2) is 3.72. The van der Waals surface area contributed by atoms with Crippen LogP contribution in [0.4, 0.5) is 0 Å². The van der Waals surface area contributed by atoms with Gasteiger partial charge in [-0.05, 0) is 18.1 Å². The normalized spacial score (nSPS) is 13.5. The van der Waals surface area contributed by atoms with Gasteiger partial charge in [-0.25, -0.2) is 0 Å². The molecule has 2 heteroatoms. The molecule has 1 rings (SSSR count). The summed E-state index contributed by atoms with van der Waals surface area (Å²) in [6.45, 7) is 4.01. The van der Waals surface area contributed by atoms with Crippen molar-refractivity contribution in [3.63, 3.8) is 0 Å². The second-order valence-electron chi connectivity index (χ2n) is 2.69. The molecule has 0 aromatic carbocycles. The van der Waals surface area contributed by atoms with E-state index in [9.17, 15) is 0 Å². The van der Waals surface area contributed by atoms with E-state index in [2.05, 4.69) is 4.98 Å². The molecule has 0 N–H and O–H groups in total. The summed E-state index contributed by atoms with van der Waals surface area (Å²) in [5, 5.41) is -0.0452. The maximum Gasteiger partial charge on any atom is 0.0813 e.